The summed E-state index contributed by atoms with van der Waals surface area (Å²) in [4.78, 5) is 12.2. The molecule has 0 radical (unpaired) electrons. The zero-order valence-corrected chi connectivity index (χ0v) is 16.8. The Morgan fingerprint density at radius 1 is 1.35 bits per heavy atom. The average Bonchev–Trinajstić information content (AvgIpc) is 2.50. The molecule has 3 atom stereocenters. The molecule has 0 saturated carbocycles. The van der Waals surface area contributed by atoms with Crippen molar-refractivity contribution in [1.82, 2.24) is 4.72 Å². The van der Waals surface area contributed by atoms with Gasteiger partial charge < -0.3 is 9.29 Å². The standard InChI is InChI=1S/C17H23ClF3NO3S/c1-6-25-15(23)10(2)14(22-26(24)16(3,4)5)12-9-11(17(19,20)21)7-8-13(12)18/h7-10,14,22H,6H2,1-5H3/t10-,14+,26?/m1/s1. The number of alkyl halides is 3. The van der Waals surface area contributed by atoms with E-state index in [2.05, 4.69) is 4.72 Å². The fraction of sp³-hybridized carbons (Fsp3) is 0.588. The van der Waals surface area contributed by atoms with Crippen LogP contribution in [0.1, 0.15) is 51.8 Å². The lowest BCUT2D eigenvalue weighted by Gasteiger charge is -2.31. The molecule has 148 valence electrons. The van der Waals surface area contributed by atoms with Crippen molar-refractivity contribution in [3.05, 3.63) is 34.3 Å². The van der Waals surface area contributed by atoms with Gasteiger partial charge in [0.1, 0.15) is 4.75 Å². The molecule has 1 aromatic carbocycles. The lowest BCUT2D eigenvalue weighted by molar-refractivity contribution is -0.148. The van der Waals surface area contributed by atoms with Gasteiger partial charge in [-0.3, -0.25) is 4.79 Å². The highest BCUT2D eigenvalue weighted by Gasteiger charge is 2.38. The molecule has 1 unspecified atom stereocenters. The Kier molecular flexibility index (Phi) is 7.83. The number of rotatable bonds is 6. The van der Waals surface area contributed by atoms with Crippen LogP contribution in [0.3, 0.4) is 0 Å². The molecule has 1 aromatic rings. The van der Waals surface area contributed by atoms with Crippen LogP contribution in [0, 0.1) is 5.92 Å². The molecule has 1 rings (SSSR count). The minimum absolute atomic E-state index is 0.0394. The maximum atomic E-state index is 13.1. The van der Waals surface area contributed by atoms with Crippen molar-refractivity contribution in [3.63, 3.8) is 0 Å². The van der Waals surface area contributed by atoms with Crippen LogP contribution < -0.4 is 4.72 Å². The molecule has 1 N–H and O–H groups in total. The molecule has 26 heavy (non-hydrogen) atoms. The van der Waals surface area contributed by atoms with Crippen LogP contribution >= 0.6 is 11.6 Å². The van der Waals surface area contributed by atoms with Gasteiger partial charge in [0.25, 0.3) is 0 Å². The molecule has 0 bridgehead atoms. The largest absolute Gasteiger partial charge is 0.598 e. The Hall–Kier alpha value is -0.960. The van der Waals surface area contributed by atoms with E-state index < -0.39 is 45.8 Å². The molecule has 0 saturated heterocycles. The van der Waals surface area contributed by atoms with Crippen molar-refractivity contribution in [2.45, 2.75) is 51.6 Å². The average molecular weight is 414 g/mol. The fourth-order valence-corrected chi connectivity index (χ4v) is 3.25. The summed E-state index contributed by atoms with van der Waals surface area (Å²) < 4.78 is 58.8. The molecule has 0 spiro atoms. The summed E-state index contributed by atoms with van der Waals surface area (Å²) >= 11 is 4.46. The first-order valence-electron chi connectivity index (χ1n) is 8.00. The van der Waals surface area contributed by atoms with Gasteiger partial charge in [0, 0.05) is 16.4 Å². The number of ether oxygens (including phenoxy) is 1. The molecule has 0 aromatic heterocycles. The third-order valence-corrected chi connectivity index (χ3v) is 5.53. The maximum Gasteiger partial charge on any atom is 0.416 e. The van der Waals surface area contributed by atoms with Crippen LogP contribution in [0.2, 0.25) is 5.02 Å². The van der Waals surface area contributed by atoms with Gasteiger partial charge in [-0.05, 0) is 58.4 Å². The highest BCUT2D eigenvalue weighted by Crippen LogP contribution is 2.37. The zero-order chi connectivity index (χ0) is 20.3. The van der Waals surface area contributed by atoms with E-state index in [9.17, 15) is 22.5 Å². The molecular formula is C17H23ClF3NO3S. The number of hydrogen-bond donors (Lipinski definition) is 1. The van der Waals surface area contributed by atoms with E-state index in [4.69, 9.17) is 16.3 Å². The van der Waals surface area contributed by atoms with Gasteiger partial charge in [-0.15, -0.1) is 4.72 Å². The summed E-state index contributed by atoms with van der Waals surface area (Å²) in [6, 6.07) is 1.84. The van der Waals surface area contributed by atoms with Crippen LogP contribution in [0.15, 0.2) is 18.2 Å². The van der Waals surface area contributed by atoms with Gasteiger partial charge in [0.15, 0.2) is 0 Å². The first-order chi connectivity index (χ1) is 11.8. The molecule has 0 aliphatic heterocycles. The van der Waals surface area contributed by atoms with Gasteiger partial charge in [-0.1, -0.05) is 11.6 Å². The second-order valence-corrected chi connectivity index (χ2v) is 9.16. The number of hydrogen-bond acceptors (Lipinski definition) is 4. The van der Waals surface area contributed by atoms with Crippen LogP contribution in [-0.4, -0.2) is 21.9 Å². The summed E-state index contributed by atoms with van der Waals surface area (Å²) in [7, 11) is 0. The summed E-state index contributed by atoms with van der Waals surface area (Å²) in [5.41, 5.74) is -0.860. The minimum Gasteiger partial charge on any atom is -0.598 e. The Morgan fingerprint density at radius 2 is 1.92 bits per heavy atom. The van der Waals surface area contributed by atoms with E-state index in [0.29, 0.717) is 0 Å². The molecule has 0 fully saturated rings. The number of benzene rings is 1. The quantitative estimate of drug-likeness (QED) is 0.544. The predicted molar refractivity (Wildman–Crippen MR) is 96.0 cm³/mol. The highest BCUT2D eigenvalue weighted by atomic mass is 35.5. The third kappa shape index (κ3) is 6.04. The normalized spacial score (nSPS) is 16.1. The summed E-state index contributed by atoms with van der Waals surface area (Å²) in [6.07, 6.45) is -4.57. The first-order valence-corrected chi connectivity index (χ1v) is 9.53. The van der Waals surface area contributed by atoms with E-state index in [0.717, 1.165) is 18.2 Å². The maximum absolute atomic E-state index is 13.1. The Bertz CT molecular complexity index is 635. The number of halogens is 4. The summed E-state index contributed by atoms with van der Waals surface area (Å²) in [5, 5.41) is 0.0394. The third-order valence-electron chi connectivity index (χ3n) is 3.61. The molecular weight excluding hydrogens is 391 g/mol. The van der Waals surface area contributed by atoms with Gasteiger partial charge in [0.05, 0.1) is 24.1 Å². The molecule has 9 heteroatoms. The van der Waals surface area contributed by atoms with Gasteiger partial charge in [0.2, 0.25) is 0 Å². The monoisotopic (exact) mass is 413 g/mol. The number of esters is 1. The van der Waals surface area contributed by atoms with Crippen LogP contribution in [-0.2, 0) is 27.1 Å². The molecule has 0 amide bonds. The SMILES string of the molecule is CCOC(=O)[C@H](C)[C@H](N[S+]([O-])C(C)(C)C)c1cc(C(F)(F)F)ccc1Cl. The summed E-state index contributed by atoms with van der Waals surface area (Å²) in [6.45, 7) is 8.35. The molecule has 0 heterocycles. The minimum atomic E-state index is -4.57. The van der Waals surface area contributed by atoms with Crippen LogP contribution in [0.25, 0.3) is 0 Å². The first kappa shape index (κ1) is 23.1. The van der Waals surface area contributed by atoms with Crippen LogP contribution in [0.5, 0.6) is 0 Å². The lowest BCUT2D eigenvalue weighted by Crippen LogP contribution is -2.44. The van der Waals surface area contributed by atoms with E-state index in [1.165, 1.54) is 6.92 Å². The second-order valence-electron chi connectivity index (χ2n) is 6.75. The van der Waals surface area contributed by atoms with E-state index in [1.807, 2.05) is 0 Å². The van der Waals surface area contributed by atoms with Crippen molar-refractivity contribution in [3.8, 4) is 0 Å². The van der Waals surface area contributed by atoms with Crippen molar-refractivity contribution < 1.29 is 27.3 Å². The second kappa shape index (κ2) is 8.82. The van der Waals surface area contributed by atoms with Gasteiger partial charge >= 0.3 is 12.1 Å². The van der Waals surface area contributed by atoms with Crippen molar-refractivity contribution in [2.24, 2.45) is 5.92 Å². The smallest absolute Gasteiger partial charge is 0.416 e. The number of carbonyl (C=O) groups is 1. The van der Waals surface area contributed by atoms with Crippen molar-refractivity contribution >= 4 is 28.9 Å². The van der Waals surface area contributed by atoms with Gasteiger partial charge in [-0.2, -0.15) is 13.2 Å². The highest BCUT2D eigenvalue weighted by molar-refractivity contribution is 7.90. The van der Waals surface area contributed by atoms with Crippen LogP contribution in [0.4, 0.5) is 13.2 Å². The predicted octanol–water partition coefficient (Wildman–Crippen LogP) is 4.65. The number of carbonyl (C=O) groups excluding carboxylic acids is 1. The molecule has 0 aliphatic rings. The van der Waals surface area contributed by atoms with E-state index >= 15 is 0 Å². The molecule has 0 aliphatic carbocycles. The zero-order valence-electron chi connectivity index (χ0n) is 15.2. The van der Waals surface area contributed by atoms with Crippen molar-refractivity contribution in [1.29, 1.82) is 0 Å². The summed E-state index contributed by atoms with van der Waals surface area (Å²) in [5.74, 6) is -1.52. The van der Waals surface area contributed by atoms with Crippen molar-refractivity contribution in [2.75, 3.05) is 6.61 Å². The van der Waals surface area contributed by atoms with E-state index in [-0.39, 0.29) is 17.2 Å². The molecule has 4 nitrogen and oxygen atoms in total. The fourth-order valence-electron chi connectivity index (χ4n) is 2.10. The number of nitrogens with one attached hydrogen (secondary N) is 1. The Morgan fingerprint density at radius 3 is 2.38 bits per heavy atom. The lowest BCUT2D eigenvalue weighted by atomic mass is 9.94. The van der Waals surface area contributed by atoms with E-state index in [1.54, 1.807) is 27.7 Å². The Labute approximate surface area is 159 Å². The topological polar surface area (TPSA) is 61.4 Å². The Balaban J connectivity index is 3.38. The van der Waals surface area contributed by atoms with Gasteiger partial charge in [-0.25, -0.2) is 0 Å².